The highest BCUT2D eigenvalue weighted by Crippen LogP contribution is 2.32. The second-order valence-corrected chi connectivity index (χ2v) is 5.16. The van der Waals surface area contributed by atoms with Gasteiger partial charge in [0.15, 0.2) is 6.23 Å². The first-order chi connectivity index (χ1) is 10.0. The van der Waals surface area contributed by atoms with Crippen LogP contribution in [0.3, 0.4) is 0 Å². The molecule has 0 radical (unpaired) electrons. The molecule has 116 valence electrons. The van der Waals surface area contributed by atoms with Crippen LogP contribution in [0.15, 0.2) is 20.8 Å². The summed E-state index contributed by atoms with van der Waals surface area (Å²) in [7, 11) is 0. The van der Waals surface area contributed by atoms with E-state index >= 15 is 0 Å². The van der Waals surface area contributed by atoms with Gasteiger partial charge in [0.05, 0.1) is 24.9 Å². The van der Waals surface area contributed by atoms with Crippen LogP contribution >= 0.6 is 15.9 Å². The summed E-state index contributed by atoms with van der Waals surface area (Å²) in [6.07, 6.45) is -0.379. The number of hydrogen-bond acceptors (Lipinski definition) is 6. The molecule has 1 aliphatic heterocycles. The quantitative estimate of drug-likeness (QED) is 0.531. The minimum atomic E-state index is -1.18. The van der Waals surface area contributed by atoms with Gasteiger partial charge in [0.25, 0.3) is 5.56 Å². The van der Waals surface area contributed by atoms with Crippen molar-refractivity contribution in [3.05, 3.63) is 37.6 Å². The lowest BCUT2D eigenvalue weighted by atomic mass is 9.99. The molecule has 0 amide bonds. The third-order valence-corrected chi connectivity index (χ3v) is 3.69. The van der Waals surface area contributed by atoms with Gasteiger partial charge in [-0.2, -0.15) is 0 Å². The predicted molar refractivity (Wildman–Crippen MR) is 76.9 cm³/mol. The molecule has 4 atom stereocenters. The number of halogens is 1. The van der Waals surface area contributed by atoms with Crippen molar-refractivity contribution in [1.82, 2.24) is 9.55 Å². The molecular formula is C12H15BrN2O6. The Morgan fingerprint density at radius 1 is 1.38 bits per heavy atom. The molecule has 0 bridgehead atoms. The first-order valence-corrected chi connectivity index (χ1v) is 7.12. The molecule has 1 fully saturated rings. The second-order valence-electron chi connectivity index (χ2n) is 4.63. The number of hydrogen-bond donors (Lipinski definition) is 4. The van der Waals surface area contributed by atoms with Gasteiger partial charge >= 0.3 is 5.69 Å². The zero-order chi connectivity index (χ0) is 15.6. The van der Waals surface area contributed by atoms with Crippen LogP contribution in [0, 0.1) is 5.92 Å². The van der Waals surface area contributed by atoms with E-state index in [4.69, 9.17) is 4.74 Å². The largest absolute Gasteiger partial charge is 0.396 e. The highest BCUT2D eigenvalue weighted by atomic mass is 79.9. The van der Waals surface area contributed by atoms with E-state index in [-0.39, 0.29) is 5.56 Å². The van der Waals surface area contributed by atoms with E-state index in [1.54, 1.807) is 0 Å². The molecule has 1 saturated heterocycles. The third kappa shape index (κ3) is 3.01. The average Bonchev–Trinajstić information content (AvgIpc) is 2.78. The van der Waals surface area contributed by atoms with Crippen molar-refractivity contribution < 1.29 is 20.1 Å². The molecule has 0 aromatic carbocycles. The molecule has 4 N–H and O–H groups in total. The van der Waals surface area contributed by atoms with Crippen LogP contribution in [0.25, 0.3) is 6.08 Å². The molecule has 1 aromatic heterocycles. The average molecular weight is 363 g/mol. The zero-order valence-electron chi connectivity index (χ0n) is 10.8. The van der Waals surface area contributed by atoms with Gasteiger partial charge in [-0.1, -0.05) is 15.9 Å². The van der Waals surface area contributed by atoms with E-state index in [0.717, 1.165) is 4.57 Å². The Morgan fingerprint density at radius 3 is 2.62 bits per heavy atom. The van der Waals surface area contributed by atoms with Crippen LogP contribution < -0.4 is 11.2 Å². The van der Waals surface area contributed by atoms with Crippen molar-refractivity contribution in [2.75, 3.05) is 13.2 Å². The SMILES string of the molecule is O=c1[nH]c(=O)n([C@@H]2O[C@H](CO)[C@@H](CO)[C@@H]2O)cc1/C=C/Br. The number of aromatic amines is 1. The van der Waals surface area contributed by atoms with E-state index in [1.165, 1.54) is 17.3 Å². The van der Waals surface area contributed by atoms with Gasteiger partial charge in [0.1, 0.15) is 6.10 Å². The molecule has 0 saturated carbocycles. The van der Waals surface area contributed by atoms with Gasteiger partial charge in [-0.15, -0.1) is 0 Å². The summed E-state index contributed by atoms with van der Waals surface area (Å²) in [6, 6.07) is 0. The van der Waals surface area contributed by atoms with E-state index < -0.39 is 48.8 Å². The van der Waals surface area contributed by atoms with Crippen molar-refractivity contribution in [2.24, 2.45) is 5.92 Å². The zero-order valence-corrected chi connectivity index (χ0v) is 12.4. The van der Waals surface area contributed by atoms with Gasteiger partial charge in [0.2, 0.25) is 0 Å². The number of H-pyrrole nitrogens is 1. The molecule has 2 rings (SSSR count). The van der Waals surface area contributed by atoms with E-state index in [0.29, 0.717) is 0 Å². The Hall–Kier alpha value is -1.26. The summed E-state index contributed by atoms with van der Waals surface area (Å²) < 4.78 is 6.45. The number of aliphatic hydroxyl groups excluding tert-OH is 3. The third-order valence-electron chi connectivity index (χ3n) is 3.43. The summed E-state index contributed by atoms with van der Waals surface area (Å²) in [5.41, 5.74) is -1.13. The van der Waals surface area contributed by atoms with Crippen LogP contribution in [-0.4, -0.2) is 50.3 Å². The molecule has 1 aromatic rings. The number of aliphatic hydroxyl groups is 3. The Balaban J connectivity index is 2.45. The van der Waals surface area contributed by atoms with Gasteiger partial charge in [-0.25, -0.2) is 4.79 Å². The lowest BCUT2D eigenvalue weighted by Gasteiger charge is -2.18. The highest BCUT2D eigenvalue weighted by molar-refractivity contribution is 9.11. The lowest BCUT2D eigenvalue weighted by Crippen LogP contribution is -2.37. The topological polar surface area (TPSA) is 125 Å². The minimum Gasteiger partial charge on any atom is -0.396 e. The van der Waals surface area contributed by atoms with Crippen molar-refractivity contribution in [3.8, 4) is 0 Å². The first-order valence-electron chi connectivity index (χ1n) is 6.21. The summed E-state index contributed by atoms with van der Waals surface area (Å²) in [4.78, 5) is 27.0. The number of rotatable bonds is 4. The van der Waals surface area contributed by atoms with Crippen molar-refractivity contribution in [3.63, 3.8) is 0 Å². The van der Waals surface area contributed by atoms with Crippen molar-refractivity contribution in [2.45, 2.75) is 18.4 Å². The molecule has 21 heavy (non-hydrogen) atoms. The fourth-order valence-electron chi connectivity index (χ4n) is 2.30. The highest BCUT2D eigenvalue weighted by Gasteiger charge is 2.44. The maximum Gasteiger partial charge on any atom is 0.330 e. The maximum absolute atomic E-state index is 11.9. The molecule has 0 spiro atoms. The molecular weight excluding hydrogens is 348 g/mol. The van der Waals surface area contributed by atoms with E-state index in [1.807, 2.05) is 0 Å². The summed E-state index contributed by atoms with van der Waals surface area (Å²) in [5.74, 6) is -0.714. The summed E-state index contributed by atoms with van der Waals surface area (Å²) >= 11 is 3.03. The predicted octanol–water partition coefficient (Wildman–Crippen LogP) is -1.24. The Labute approximate surface area is 127 Å². The van der Waals surface area contributed by atoms with Crippen LogP contribution in [0.2, 0.25) is 0 Å². The Kier molecular flexibility index (Phi) is 5.12. The Morgan fingerprint density at radius 2 is 2.10 bits per heavy atom. The standard InChI is InChI=1S/C12H15BrN2O6/c13-2-1-6-3-15(12(20)14-10(6)19)11-9(18)7(4-16)8(5-17)21-11/h1-3,7-9,11,16-18H,4-5H2,(H,14,19,20)/b2-1+/t7-,8-,9+,11-/m1/s1. The first kappa shape index (κ1) is 16.1. The summed E-state index contributed by atoms with van der Waals surface area (Å²) in [6.45, 7) is -0.791. The normalized spacial score (nSPS) is 29.3. The molecule has 8 nitrogen and oxygen atoms in total. The minimum absolute atomic E-state index is 0.190. The smallest absolute Gasteiger partial charge is 0.330 e. The molecule has 9 heteroatoms. The van der Waals surface area contributed by atoms with Crippen LogP contribution in [0.5, 0.6) is 0 Å². The molecule has 2 heterocycles. The number of nitrogens with zero attached hydrogens (tertiary/aromatic N) is 1. The second kappa shape index (κ2) is 6.67. The van der Waals surface area contributed by atoms with Crippen LogP contribution in [-0.2, 0) is 4.74 Å². The van der Waals surface area contributed by atoms with Crippen LogP contribution in [0.1, 0.15) is 11.8 Å². The van der Waals surface area contributed by atoms with Crippen molar-refractivity contribution >= 4 is 22.0 Å². The van der Waals surface area contributed by atoms with E-state index in [9.17, 15) is 24.9 Å². The van der Waals surface area contributed by atoms with E-state index in [2.05, 4.69) is 20.9 Å². The molecule has 0 aliphatic carbocycles. The fraction of sp³-hybridized carbons (Fsp3) is 0.500. The van der Waals surface area contributed by atoms with Gasteiger partial charge in [-0.05, 0) is 11.1 Å². The lowest BCUT2D eigenvalue weighted by molar-refractivity contribution is -0.0539. The van der Waals surface area contributed by atoms with Crippen LogP contribution in [0.4, 0.5) is 0 Å². The maximum atomic E-state index is 11.9. The molecule has 0 unspecified atom stereocenters. The Bertz CT molecular complexity index is 639. The van der Waals surface area contributed by atoms with Gasteiger partial charge < -0.3 is 20.1 Å². The number of ether oxygens (including phenoxy) is 1. The fourth-order valence-corrected chi connectivity index (χ4v) is 2.59. The number of nitrogens with one attached hydrogen (secondary N) is 1. The van der Waals surface area contributed by atoms with Crippen molar-refractivity contribution in [1.29, 1.82) is 0 Å². The monoisotopic (exact) mass is 362 g/mol. The van der Waals surface area contributed by atoms with Gasteiger partial charge in [0, 0.05) is 12.1 Å². The van der Waals surface area contributed by atoms with Gasteiger partial charge in [-0.3, -0.25) is 14.3 Å². The number of aromatic nitrogens is 2. The summed E-state index contributed by atoms with van der Waals surface area (Å²) in [5, 5.41) is 28.6. The molecule has 1 aliphatic rings.